The Hall–Kier alpha value is -0.970. The summed E-state index contributed by atoms with van der Waals surface area (Å²) >= 11 is 0. The molecule has 0 aliphatic rings. The molecule has 0 saturated carbocycles. The average Bonchev–Trinajstić information content (AvgIpc) is 1.97. The van der Waals surface area contributed by atoms with Gasteiger partial charge in [0, 0.05) is 6.42 Å². The quantitative estimate of drug-likeness (QED) is 0.485. The molecule has 0 rings (SSSR count). The van der Waals surface area contributed by atoms with Gasteiger partial charge >= 0.3 is 5.97 Å². The summed E-state index contributed by atoms with van der Waals surface area (Å²) in [4.78, 5) is 10.3. The Morgan fingerprint density at radius 1 is 1.64 bits per heavy atom. The fourth-order valence-corrected chi connectivity index (χ4v) is 0.801. The highest BCUT2D eigenvalue weighted by atomic mass is 16.4. The first-order valence-electron chi connectivity index (χ1n) is 3.84. The van der Waals surface area contributed by atoms with E-state index in [1.54, 1.807) is 6.92 Å². The van der Waals surface area contributed by atoms with Crippen LogP contribution in [0.2, 0.25) is 0 Å². The first-order valence-corrected chi connectivity index (χ1v) is 3.84. The molecule has 1 N–H and O–H groups in total. The SMILES string of the molecule is C#CCCCC[C@H](C)C(=O)O. The van der Waals surface area contributed by atoms with Crippen molar-refractivity contribution in [3.63, 3.8) is 0 Å². The van der Waals surface area contributed by atoms with Crippen LogP contribution in [0.5, 0.6) is 0 Å². The normalized spacial score (nSPS) is 12.0. The minimum absolute atomic E-state index is 0.229. The maximum atomic E-state index is 10.3. The summed E-state index contributed by atoms with van der Waals surface area (Å²) in [6.07, 6.45) is 8.38. The van der Waals surface area contributed by atoms with Crippen molar-refractivity contribution in [2.24, 2.45) is 5.92 Å². The molecule has 0 spiro atoms. The Labute approximate surface area is 67.6 Å². The van der Waals surface area contributed by atoms with Crippen LogP contribution in [0.1, 0.15) is 32.6 Å². The lowest BCUT2D eigenvalue weighted by Gasteiger charge is -2.03. The second-order valence-corrected chi connectivity index (χ2v) is 2.69. The molecule has 0 radical (unpaired) electrons. The summed E-state index contributed by atoms with van der Waals surface area (Å²) in [6.45, 7) is 1.72. The van der Waals surface area contributed by atoms with Crippen LogP contribution in [-0.4, -0.2) is 11.1 Å². The first-order chi connectivity index (χ1) is 5.18. The summed E-state index contributed by atoms with van der Waals surface area (Å²) < 4.78 is 0. The minimum atomic E-state index is -0.717. The van der Waals surface area contributed by atoms with Gasteiger partial charge in [-0.1, -0.05) is 13.3 Å². The molecule has 0 fully saturated rings. The molecule has 0 heterocycles. The molecular formula is C9H14O2. The standard InChI is InChI=1S/C9H14O2/c1-3-4-5-6-7-8(2)9(10)11/h1,8H,4-7H2,2H3,(H,10,11)/t8-/m0/s1. The van der Waals surface area contributed by atoms with E-state index in [1.807, 2.05) is 0 Å². The lowest BCUT2D eigenvalue weighted by molar-refractivity contribution is -0.141. The Morgan fingerprint density at radius 3 is 2.73 bits per heavy atom. The summed E-state index contributed by atoms with van der Waals surface area (Å²) in [7, 11) is 0. The minimum Gasteiger partial charge on any atom is -0.481 e. The van der Waals surface area contributed by atoms with Crippen molar-refractivity contribution in [2.75, 3.05) is 0 Å². The van der Waals surface area contributed by atoms with Crippen LogP contribution >= 0.6 is 0 Å². The predicted octanol–water partition coefficient (Wildman–Crippen LogP) is 1.90. The monoisotopic (exact) mass is 154 g/mol. The summed E-state index contributed by atoms with van der Waals surface area (Å²) in [6, 6.07) is 0. The molecule has 0 aromatic heterocycles. The van der Waals surface area contributed by atoms with Gasteiger partial charge in [0.15, 0.2) is 0 Å². The Morgan fingerprint density at radius 2 is 2.27 bits per heavy atom. The fraction of sp³-hybridized carbons (Fsp3) is 0.667. The first kappa shape index (κ1) is 10.0. The van der Waals surface area contributed by atoms with Gasteiger partial charge < -0.3 is 5.11 Å². The highest BCUT2D eigenvalue weighted by Gasteiger charge is 2.08. The van der Waals surface area contributed by atoms with Crippen LogP contribution in [0.15, 0.2) is 0 Å². The van der Waals surface area contributed by atoms with Gasteiger partial charge in [-0.05, 0) is 12.8 Å². The van der Waals surface area contributed by atoms with Crippen LogP contribution < -0.4 is 0 Å². The smallest absolute Gasteiger partial charge is 0.306 e. The number of aliphatic carboxylic acids is 1. The van der Waals surface area contributed by atoms with Crippen molar-refractivity contribution < 1.29 is 9.90 Å². The van der Waals surface area contributed by atoms with Gasteiger partial charge in [-0.3, -0.25) is 4.79 Å². The van der Waals surface area contributed by atoms with E-state index in [0.29, 0.717) is 0 Å². The van der Waals surface area contributed by atoms with Crippen molar-refractivity contribution in [3.05, 3.63) is 0 Å². The number of terminal acetylenes is 1. The van der Waals surface area contributed by atoms with E-state index in [-0.39, 0.29) is 5.92 Å². The number of carbonyl (C=O) groups is 1. The van der Waals surface area contributed by atoms with Crippen molar-refractivity contribution >= 4 is 5.97 Å². The lowest BCUT2D eigenvalue weighted by Crippen LogP contribution is -2.08. The van der Waals surface area contributed by atoms with Gasteiger partial charge in [0.2, 0.25) is 0 Å². The molecule has 11 heavy (non-hydrogen) atoms. The zero-order chi connectivity index (χ0) is 8.69. The molecule has 0 saturated heterocycles. The van der Waals surface area contributed by atoms with Crippen LogP contribution in [0, 0.1) is 18.3 Å². The zero-order valence-corrected chi connectivity index (χ0v) is 6.84. The zero-order valence-electron chi connectivity index (χ0n) is 6.84. The average molecular weight is 154 g/mol. The number of carboxylic acid groups (broad SMARTS) is 1. The van der Waals surface area contributed by atoms with Crippen LogP contribution in [0.25, 0.3) is 0 Å². The number of hydrogen-bond donors (Lipinski definition) is 1. The largest absolute Gasteiger partial charge is 0.481 e. The van der Waals surface area contributed by atoms with Crippen LogP contribution in [-0.2, 0) is 4.79 Å². The molecule has 1 atom stereocenters. The van der Waals surface area contributed by atoms with Gasteiger partial charge in [-0.15, -0.1) is 12.3 Å². The molecule has 0 amide bonds. The molecule has 0 aliphatic carbocycles. The maximum Gasteiger partial charge on any atom is 0.306 e. The highest BCUT2D eigenvalue weighted by Crippen LogP contribution is 2.08. The maximum absolute atomic E-state index is 10.3. The summed E-state index contributed by atoms with van der Waals surface area (Å²) in [5, 5.41) is 8.50. The molecule has 0 aliphatic heterocycles. The molecular weight excluding hydrogens is 140 g/mol. The van der Waals surface area contributed by atoms with Gasteiger partial charge in [0.25, 0.3) is 0 Å². The van der Waals surface area contributed by atoms with Gasteiger partial charge in [0.1, 0.15) is 0 Å². The molecule has 0 bridgehead atoms. The third-order valence-corrected chi connectivity index (χ3v) is 1.63. The predicted molar refractivity (Wildman–Crippen MR) is 44.1 cm³/mol. The molecule has 62 valence electrons. The van der Waals surface area contributed by atoms with Crippen molar-refractivity contribution in [1.82, 2.24) is 0 Å². The number of rotatable bonds is 5. The fourth-order valence-electron chi connectivity index (χ4n) is 0.801. The number of unbranched alkanes of at least 4 members (excludes halogenated alkanes) is 2. The van der Waals surface area contributed by atoms with Crippen molar-refractivity contribution in [2.45, 2.75) is 32.6 Å². The topological polar surface area (TPSA) is 37.3 Å². The Bertz CT molecular complexity index is 155. The van der Waals surface area contributed by atoms with Crippen molar-refractivity contribution in [3.8, 4) is 12.3 Å². The molecule has 0 aromatic carbocycles. The number of carboxylic acids is 1. The van der Waals surface area contributed by atoms with Gasteiger partial charge in [0.05, 0.1) is 5.92 Å². The molecule has 0 aromatic rings. The second kappa shape index (κ2) is 5.79. The van der Waals surface area contributed by atoms with Crippen LogP contribution in [0.3, 0.4) is 0 Å². The van der Waals surface area contributed by atoms with E-state index in [1.165, 1.54) is 0 Å². The second-order valence-electron chi connectivity index (χ2n) is 2.69. The Kier molecular flexibility index (Phi) is 5.28. The van der Waals surface area contributed by atoms with E-state index in [0.717, 1.165) is 25.7 Å². The third-order valence-electron chi connectivity index (χ3n) is 1.63. The van der Waals surface area contributed by atoms with E-state index in [4.69, 9.17) is 11.5 Å². The van der Waals surface area contributed by atoms with Gasteiger partial charge in [-0.2, -0.15) is 0 Å². The molecule has 2 heteroatoms. The van der Waals surface area contributed by atoms with E-state index in [2.05, 4.69) is 5.92 Å². The lowest BCUT2D eigenvalue weighted by atomic mass is 10.0. The number of hydrogen-bond acceptors (Lipinski definition) is 1. The Balaban J connectivity index is 3.26. The highest BCUT2D eigenvalue weighted by molar-refractivity contribution is 5.69. The summed E-state index contributed by atoms with van der Waals surface area (Å²) in [5.41, 5.74) is 0. The van der Waals surface area contributed by atoms with Crippen LogP contribution in [0.4, 0.5) is 0 Å². The van der Waals surface area contributed by atoms with Crippen molar-refractivity contribution in [1.29, 1.82) is 0 Å². The van der Waals surface area contributed by atoms with E-state index >= 15 is 0 Å². The molecule has 0 unspecified atom stereocenters. The third kappa shape index (κ3) is 5.47. The van der Waals surface area contributed by atoms with Gasteiger partial charge in [-0.25, -0.2) is 0 Å². The van der Waals surface area contributed by atoms with E-state index < -0.39 is 5.97 Å². The van der Waals surface area contributed by atoms with E-state index in [9.17, 15) is 4.79 Å². The summed E-state index contributed by atoms with van der Waals surface area (Å²) in [5.74, 6) is 1.58. The molecule has 2 nitrogen and oxygen atoms in total.